The van der Waals surface area contributed by atoms with E-state index in [-0.39, 0.29) is 0 Å². The number of aliphatic hydroxyl groups excluding tert-OH is 1. The van der Waals surface area contributed by atoms with Gasteiger partial charge in [0.2, 0.25) is 0 Å². The molecule has 3 N–H and O–H groups in total. The van der Waals surface area contributed by atoms with Gasteiger partial charge in [0, 0.05) is 26.7 Å². The number of likely N-dealkylation sites (N-methyl/N-ethyl adjacent to an activating group) is 1. The predicted molar refractivity (Wildman–Crippen MR) is 110 cm³/mol. The smallest absolute Gasteiger partial charge is 0.400 e. The van der Waals surface area contributed by atoms with Crippen molar-refractivity contribution >= 4 is 6.34 Å². The molecule has 0 radical (unpaired) electrons. The van der Waals surface area contributed by atoms with Crippen LogP contribution in [0.25, 0.3) is 0 Å². The Morgan fingerprint density at radius 1 is 1.07 bits per heavy atom. The van der Waals surface area contributed by atoms with Crippen molar-refractivity contribution in [3.63, 3.8) is 0 Å². The Bertz CT molecular complexity index is 439. The molecule has 0 unspecified atom stereocenters. The maximum Gasteiger partial charge on any atom is 0.416 e. The SMILES string of the molecule is CCC.CCC.CNCCN(C=N)CCc1cccc(C(F)(F)F)c1.CO. The number of aliphatic hydroxyl groups is 1. The van der Waals surface area contributed by atoms with Gasteiger partial charge in [0.15, 0.2) is 0 Å². The molecule has 0 aromatic heterocycles. The largest absolute Gasteiger partial charge is 0.416 e. The molecule has 0 bridgehead atoms. The van der Waals surface area contributed by atoms with Gasteiger partial charge in [-0.25, -0.2) is 0 Å². The van der Waals surface area contributed by atoms with E-state index in [2.05, 4.69) is 33.0 Å². The van der Waals surface area contributed by atoms with Gasteiger partial charge in [-0.2, -0.15) is 13.2 Å². The third kappa shape index (κ3) is 19.0. The summed E-state index contributed by atoms with van der Waals surface area (Å²) in [5.74, 6) is 0. The third-order valence-corrected chi connectivity index (χ3v) is 2.77. The number of nitrogens with zero attached hydrogens (tertiary/aromatic N) is 1. The summed E-state index contributed by atoms with van der Waals surface area (Å²) < 4.78 is 37.6. The van der Waals surface area contributed by atoms with Crippen molar-refractivity contribution in [1.82, 2.24) is 10.2 Å². The van der Waals surface area contributed by atoms with Crippen molar-refractivity contribution in [3.05, 3.63) is 35.4 Å². The van der Waals surface area contributed by atoms with Crippen LogP contribution in [-0.2, 0) is 12.6 Å². The summed E-state index contributed by atoms with van der Waals surface area (Å²) in [4.78, 5) is 1.76. The number of halogens is 3. The molecule has 0 amide bonds. The van der Waals surface area contributed by atoms with Crippen LogP contribution in [0, 0.1) is 5.41 Å². The van der Waals surface area contributed by atoms with Crippen molar-refractivity contribution < 1.29 is 18.3 Å². The quantitative estimate of drug-likeness (QED) is 0.460. The summed E-state index contributed by atoms with van der Waals surface area (Å²) in [6.07, 6.45) is -0.0999. The lowest BCUT2D eigenvalue weighted by molar-refractivity contribution is -0.137. The number of alkyl halides is 3. The fourth-order valence-corrected chi connectivity index (χ4v) is 1.67. The van der Waals surface area contributed by atoms with Crippen LogP contribution in [0.2, 0.25) is 0 Å². The molecular formula is C20H38F3N3O. The summed E-state index contributed by atoms with van der Waals surface area (Å²) in [6.45, 7) is 10.4. The molecule has 1 aromatic carbocycles. The van der Waals surface area contributed by atoms with E-state index >= 15 is 0 Å². The summed E-state index contributed by atoms with van der Waals surface area (Å²) in [5, 5.41) is 17.2. The number of hydrogen-bond donors (Lipinski definition) is 3. The molecular weight excluding hydrogens is 355 g/mol. The van der Waals surface area contributed by atoms with Crippen molar-refractivity contribution in [2.24, 2.45) is 0 Å². The maximum atomic E-state index is 12.5. The second-order valence-electron chi connectivity index (χ2n) is 5.63. The molecule has 0 aliphatic rings. The van der Waals surface area contributed by atoms with Gasteiger partial charge in [0.1, 0.15) is 0 Å². The summed E-state index contributed by atoms with van der Waals surface area (Å²) in [5.41, 5.74) is 0.00719. The van der Waals surface area contributed by atoms with E-state index in [0.717, 1.165) is 19.7 Å². The first-order valence-electron chi connectivity index (χ1n) is 9.30. The van der Waals surface area contributed by atoms with Crippen molar-refractivity contribution in [3.8, 4) is 0 Å². The minimum absolute atomic E-state index is 0.489. The van der Waals surface area contributed by atoms with Gasteiger partial charge in [-0.1, -0.05) is 58.7 Å². The Labute approximate surface area is 163 Å². The standard InChI is InChI=1S/C13H18F3N3.2C3H8.CH4O/c1-18-6-8-19(10-17)7-5-11-3-2-4-12(9-11)13(14,15)16;2*1-3-2;1-2/h2-4,9-10,17-18H,5-8H2,1H3;2*3H2,1-2H3;2H,1H3. The van der Waals surface area contributed by atoms with Gasteiger partial charge in [0.25, 0.3) is 0 Å². The molecule has 1 aromatic rings. The van der Waals surface area contributed by atoms with Gasteiger partial charge in [-0.15, -0.1) is 0 Å². The van der Waals surface area contributed by atoms with Crippen LogP contribution in [-0.4, -0.2) is 50.1 Å². The van der Waals surface area contributed by atoms with E-state index in [9.17, 15) is 13.2 Å². The lowest BCUT2D eigenvalue weighted by atomic mass is 10.1. The molecule has 1 rings (SSSR count). The predicted octanol–water partition coefficient (Wildman–Crippen LogP) is 4.82. The highest BCUT2D eigenvalue weighted by Gasteiger charge is 2.30. The lowest BCUT2D eigenvalue weighted by Gasteiger charge is -2.18. The van der Waals surface area contributed by atoms with Gasteiger partial charge in [0.05, 0.1) is 11.9 Å². The Morgan fingerprint density at radius 3 is 2.00 bits per heavy atom. The van der Waals surface area contributed by atoms with Crippen LogP contribution in [0.5, 0.6) is 0 Å². The van der Waals surface area contributed by atoms with E-state index in [1.165, 1.54) is 31.3 Å². The van der Waals surface area contributed by atoms with Gasteiger partial charge < -0.3 is 15.3 Å². The van der Waals surface area contributed by atoms with E-state index < -0.39 is 11.7 Å². The highest BCUT2D eigenvalue weighted by molar-refractivity contribution is 5.50. The Hall–Kier alpha value is -1.60. The fourth-order valence-electron chi connectivity index (χ4n) is 1.67. The van der Waals surface area contributed by atoms with Crippen molar-refractivity contribution in [2.45, 2.75) is 53.1 Å². The molecule has 0 fully saturated rings. The monoisotopic (exact) mass is 393 g/mol. The summed E-state index contributed by atoms with van der Waals surface area (Å²) in [7, 11) is 2.81. The zero-order valence-electron chi connectivity index (χ0n) is 17.7. The zero-order valence-corrected chi connectivity index (χ0v) is 17.7. The minimum Gasteiger partial charge on any atom is -0.400 e. The number of rotatable bonds is 7. The van der Waals surface area contributed by atoms with Crippen LogP contribution >= 0.6 is 0 Å². The van der Waals surface area contributed by atoms with Crippen LogP contribution in [0.1, 0.15) is 51.7 Å². The summed E-state index contributed by atoms with van der Waals surface area (Å²) in [6, 6.07) is 5.33. The molecule has 0 saturated carbocycles. The van der Waals surface area contributed by atoms with Gasteiger partial charge >= 0.3 is 6.18 Å². The normalized spacial score (nSPS) is 9.56. The maximum absolute atomic E-state index is 12.5. The van der Waals surface area contributed by atoms with Crippen LogP contribution in [0.15, 0.2) is 24.3 Å². The average Bonchev–Trinajstić information content (AvgIpc) is 2.64. The second-order valence-corrected chi connectivity index (χ2v) is 5.63. The third-order valence-electron chi connectivity index (χ3n) is 2.77. The van der Waals surface area contributed by atoms with E-state index in [1.54, 1.807) is 11.0 Å². The minimum atomic E-state index is -4.30. The molecule has 27 heavy (non-hydrogen) atoms. The molecule has 0 saturated heterocycles. The molecule has 0 aliphatic carbocycles. The van der Waals surface area contributed by atoms with E-state index in [1.807, 2.05) is 7.05 Å². The fraction of sp³-hybridized carbons (Fsp3) is 0.650. The molecule has 4 nitrogen and oxygen atoms in total. The van der Waals surface area contributed by atoms with Crippen molar-refractivity contribution in [2.75, 3.05) is 33.8 Å². The van der Waals surface area contributed by atoms with Gasteiger partial charge in [-0.3, -0.25) is 5.41 Å². The number of hydrogen-bond acceptors (Lipinski definition) is 3. The first-order valence-corrected chi connectivity index (χ1v) is 9.30. The summed E-state index contributed by atoms with van der Waals surface area (Å²) >= 11 is 0. The molecule has 0 aliphatic heterocycles. The van der Waals surface area contributed by atoms with Crippen molar-refractivity contribution in [1.29, 1.82) is 5.41 Å². The van der Waals surface area contributed by atoms with Crippen LogP contribution in [0.4, 0.5) is 13.2 Å². The number of benzene rings is 1. The Balaban J connectivity index is -0.000000620. The molecule has 0 heterocycles. The first-order chi connectivity index (χ1) is 12.8. The Kier molecular flexibility index (Phi) is 23.1. The second kappa shape index (κ2) is 20.7. The lowest BCUT2D eigenvalue weighted by Crippen LogP contribution is -2.31. The van der Waals surface area contributed by atoms with Crippen LogP contribution < -0.4 is 5.32 Å². The molecule has 0 spiro atoms. The molecule has 7 heteroatoms. The molecule has 0 atom stereocenters. The highest BCUT2D eigenvalue weighted by atomic mass is 19.4. The zero-order chi connectivity index (χ0) is 21.7. The van der Waals surface area contributed by atoms with E-state index in [4.69, 9.17) is 10.5 Å². The van der Waals surface area contributed by atoms with Gasteiger partial charge in [-0.05, 0) is 25.1 Å². The van der Waals surface area contributed by atoms with E-state index in [0.29, 0.717) is 25.1 Å². The Morgan fingerprint density at radius 2 is 1.59 bits per heavy atom. The molecule has 160 valence electrons. The average molecular weight is 394 g/mol. The topological polar surface area (TPSA) is 59.4 Å². The first kappa shape index (κ1) is 30.1. The van der Waals surface area contributed by atoms with Crippen LogP contribution in [0.3, 0.4) is 0 Å². The number of nitrogens with one attached hydrogen (secondary N) is 2. The highest BCUT2D eigenvalue weighted by Crippen LogP contribution is 2.29.